The summed E-state index contributed by atoms with van der Waals surface area (Å²) in [4.78, 5) is 27.0. The summed E-state index contributed by atoms with van der Waals surface area (Å²) in [7, 11) is 0. The molecule has 0 unspecified atom stereocenters. The lowest BCUT2D eigenvalue weighted by Gasteiger charge is -2.40. The van der Waals surface area contributed by atoms with Crippen molar-refractivity contribution in [1.29, 1.82) is 0 Å². The third-order valence-electron chi connectivity index (χ3n) is 5.00. The number of anilines is 1. The molecule has 5 nitrogen and oxygen atoms in total. The van der Waals surface area contributed by atoms with Gasteiger partial charge in [0.05, 0.1) is 5.41 Å². The topological polar surface area (TPSA) is 69.6 Å². The van der Waals surface area contributed by atoms with Crippen molar-refractivity contribution in [3.05, 3.63) is 71.2 Å². The van der Waals surface area contributed by atoms with Gasteiger partial charge in [-0.15, -0.1) is 0 Å². The normalized spacial score (nSPS) is 15.8. The van der Waals surface area contributed by atoms with E-state index < -0.39 is 5.41 Å². The average molecular weight is 429 g/mol. The molecule has 1 saturated heterocycles. The molecule has 2 aromatic rings. The Balaban J connectivity index is 1.90. The maximum Gasteiger partial charge on any atom is 0.245 e. The largest absolute Gasteiger partial charge is 0.508 e. The monoisotopic (exact) mass is 428 g/mol. The standard InChI is InChI=1S/C21H21BrN2O3/c1-2-19(26)24-10-8-21(9-11-24,15-6-4-3-5-7-15)20(27)23-17-12-16(22)13-18(25)14-17/h2-7,12-14,25H,1,8-11H2,(H,23,27). The van der Waals surface area contributed by atoms with Crippen LogP contribution in [0.2, 0.25) is 0 Å². The third-order valence-corrected chi connectivity index (χ3v) is 5.46. The molecule has 0 atom stereocenters. The number of rotatable bonds is 4. The van der Waals surface area contributed by atoms with Crippen LogP contribution in [0.1, 0.15) is 18.4 Å². The molecule has 1 fully saturated rings. The smallest absolute Gasteiger partial charge is 0.245 e. The summed E-state index contributed by atoms with van der Waals surface area (Å²) >= 11 is 3.32. The number of phenolic OH excluding ortho intramolecular Hbond substituents is 1. The minimum Gasteiger partial charge on any atom is -0.508 e. The number of hydrogen-bond donors (Lipinski definition) is 2. The number of nitrogens with zero attached hydrogens (tertiary/aromatic N) is 1. The number of benzene rings is 2. The summed E-state index contributed by atoms with van der Waals surface area (Å²) in [5, 5.41) is 12.7. The van der Waals surface area contributed by atoms with Crippen molar-refractivity contribution in [3.63, 3.8) is 0 Å². The summed E-state index contributed by atoms with van der Waals surface area (Å²) in [5.41, 5.74) is 0.705. The number of likely N-dealkylation sites (tertiary alicyclic amines) is 1. The van der Waals surface area contributed by atoms with Crippen molar-refractivity contribution >= 4 is 33.4 Å². The first-order valence-electron chi connectivity index (χ1n) is 8.72. The van der Waals surface area contributed by atoms with Crippen molar-refractivity contribution < 1.29 is 14.7 Å². The van der Waals surface area contributed by atoms with Crippen molar-refractivity contribution in [3.8, 4) is 5.75 Å². The van der Waals surface area contributed by atoms with E-state index in [1.54, 1.807) is 17.0 Å². The minimum atomic E-state index is -0.739. The molecule has 2 amide bonds. The second-order valence-corrected chi connectivity index (χ2v) is 7.55. The van der Waals surface area contributed by atoms with E-state index in [0.29, 0.717) is 36.1 Å². The van der Waals surface area contributed by atoms with Gasteiger partial charge in [-0.2, -0.15) is 0 Å². The maximum absolute atomic E-state index is 13.3. The lowest BCUT2D eigenvalue weighted by atomic mass is 9.72. The van der Waals surface area contributed by atoms with Crippen LogP contribution in [0.3, 0.4) is 0 Å². The molecule has 1 aliphatic heterocycles. The van der Waals surface area contributed by atoms with E-state index in [-0.39, 0.29) is 17.6 Å². The first-order valence-corrected chi connectivity index (χ1v) is 9.52. The Bertz CT molecular complexity index is 839. The molecule has 27 heavy (non-hydrogen) atoms. The van der Waals surface area contributed by atoms with Crippen molar-refractivity contribution in [2.75, 3.05) is 18.4 Å². The third kappa shape index (κ3) is 4.06. The van der Waals surface area contributed by atoms with Crippen molar-refractivity contribution in [2.45, 2.75) is 18.3 Å². The predicted octanol–water partition coefficient (Wildman–Crippen LogP) is 3.84. The number of halogens is 1. The molecule has 2 N–H and O–H groups in total. The van der Waals surface area contributed by atoms with Gasteiger partial charge in [-0.25, -0.2) is 0 Å². The van der Waals surface area contributed by atoms with E-state index in [4.69, 9.17) is 0 Å². The van der Waals surface area contributed by atoms with Crippen LogP contribution in [0.5, 0.6) is 5.75 Å². The highest BCUT2D eigenvalue weighted by Gasteiger charge is 2.43. The zero-order valence-corrected chi connectivity index (χ0v) is 16.4. The molecule has 2 aromatic carbocycles. The van der Waals surface area contributed by atoms with Gasteiger partial charge in [0.1, 0.15) is 5.75 Å². The molecule has 0 spiro atoms. The Labute approximate surface area is 166 Å². The molecule has 0 bridgehead atoms. The van der Waals surface area contributed by atoms with Crippen LogP contribution in [0.25, 0.3) is 0 Å². The van der Waals surface area contributed by atoms with Gasteiger partial charge in [-0.05, 0) is 36.6 Å². The summed E-state index contributed by atoms with van der Waals surface area (Å²) in [5.74, 6) is -0.189. The van der Waals surface area contributed by atoms with Crippen LogP contribution in [0.4, 0.5) is 5.69 Å². The molecule has 6 heteroatoms. The predicted molar refractivity (Wildman–Crippen MR) is 109 cm³/mol. The maximum atomic E-state index is 13.3. The number of hydrogen-bond acceptors (Lipinski definition) is 3. The number of piperidine rings is 1. The number of phenols is 1. The lowest BCUT2D eigenvalue weighted by Crippen LogP contribution is -2.50. The van der Waals surface area contributed by atoms with Crippen molar-refractivity contribution in [1.82, 2.24) is 4.90 Å². The Kier molecular flexibility index (Phi) is 5.65. The van der Waals surface area contributed by atoms with E-state index in [0.717, 1.165) is 5.56 Å². The van der Waals surface area contributed by atoms with E-state index >= 15 is 0 Å². The first-order chi connectivity index (χ1) is 12.9. The fraction of sp³-hybridized carbons (Fsp3) is 0.238. The van der Waals surface area contributed by atoms with Crippen LogP contribution >= 0.6 is 15.9 Å². The Morgan fingerprint density at radius 1 is 1.15 bits per heavy atom. The Morgan fingerprint density at radius 3 is 2.41 bits per heavy atom. The van der Waals surface area contributed by atoms with Crippen molar-refractivity contribution in [2.24, 2.45) is 0 Å². The molecule has 140 valence electrons. The van der Waals surface area contributed by atoms with Gasteiger partial charge in [0.15, 0.2) is 0 Å². The van der Waals surface area contributed by atoms with Crippen LogP contribution in [-0.4, -0.2) is 34.9 Å². The molecular formula is C21H21BrN2O3. The fourth-order valence-electron chi connectivity index (χ4n) is 3.54. The number of aromatic hydroxyl groups is 1. The van der Waals surface area contributed by atoms with E-state index in [2.05, 4.69) is 27.8 Å². The number of carbonyl (C=O) groups is 2. The van der Waals surface area contributed by atoms with Crippen LogP contribution in [-0.2, 0) is 15.0 Å². The van der Waals surface area contributed by atoms with Gasteiger partial charge in [0, 0.05) is 29.3 Å². The van der Waals surface area contributed by atoms with Gasteiger partial charge >= 0.3 is 0 Å². The Hall–Kier alpha value is -2.60. The summed E-state index contributed by atoms with van der Waals surface area (Å²) in [6.45, 7) is 4.51. The van der Waals surface area contributed by atoms with Gasteiger partial charge in [-0.3, -0.25) is 9.59 Å². The van der Waals surface area contributed by atoms with E-state index in [1.165, 1.54) is 12.1 Å². The highest BCUT2D eigenvalue weighted by molar-refractivity contribution is 9.10. The molecular weight excluding hydrogens is 408 g/mol. The molecule has 0 saturated carbocycles. The SMILES string of the molecule is C=CC(=O)N1CCC(C(=O)Nc2cc(O)cc(Br)c2)(c2ccccc2)CC1. The molecule has 0 aromatic heterocycles. The zero-order valence-electron chi connectivity index (χ0n) is 14.8. The number of nitrogens with one attached hydrogen (secondary N) is 1. The Morgan fingerprint density at radius 2 is 1.81 bits per heavy atom. The lowest BCUT2D eigenvalue weighted by molar-refractivity contribution is -0.131. The number of amides is 2. The average Bonchev–Trinajstić information content (AvgIpc) is 2.67. The zero-order chi connectivity index (χ0) is 19.4. The fourth-order valence-corrected chi connectivity index (χ4v) is 4.02. The summed E-state index contributed by atoms with van der Waals surface area (Å²) in [6, 6.07) is 14.4. The van der Waals surface area contributed by atoms with E-state index in [1.807, 2.05) is 30.3 Å². The van der Waals surface area contributed by atoms with Gasteiger partial charge < -0.3 is 15.3 Å². The number of carbonyl (C=O) groups excluding carboxylic acids is 2. The van der Waals surface area contributed by atoms with Gasteiger partial charge in [0.2, 0.25) is 11.8 Å². The van der Waals surface area contributed by atoms with Gasteiger partial charge in [0.25, 0.3) is 0 Å². The highest BCUT2D eigenvalue weighted by Crippen LogP contribution is 2.37. The first kappa shape index (κ1) is 19.2. The summed E-state index contributed by atoms with van der Waals surface area (Å²) < 4.78 is 0.679. The molecule has 1 heterocycles. The molecule has 1 aliphatic rings. The molecule has 0 radical (unpaired) electrons. The molecule has 3 rings (SSSR count). The summed E-state index contributed by atoms with van der Waals surface area (Å²) in [6.07, 6.45) is 2.34. The van der Waals surface area contributed by atoms with Gasteiger partial charge in [-0.1, -0.05) is 52.8 Å². The minimum absolute atomic E-state index is 0.0693. The second kappa shape index (κ2) is 7.96. The molecule has 0 aliphatic carbocycles. The van der Waals surface area contributed by atoms with Crippen LogP contribution in [0.15, 0.2) is 65.7 Å². The second-order valence-electron chi connectivity index (χ2n) is 6.63. The highest BCUT2D eigenvalue weighted by atomic mass is 79.9. The van der Waals surface area contributed by atoms with E-state index in [9.17, 15) is 14.7 Å². The van der Waals surface area contributed by atoms with Crippen LogP contribution in [0, 0.1) is 0 Å². The van der Waals surface area contributed by atoms with Crippen LogP contribution < -0.4 is 5.32 Å². The quantitative estimate of drug-likeness (QED) is 0.726.